The molecule has 0 unspecified atom stereocenters. The highest BCUT2D eigenvalue weighted by molar-refractivity contribution is 5.86. The molecule has 0 fully saturated rings. The molecule has 2 radical (unpaired) electrons. The van der Waals surface area contributed by atoms with Gasteiger partial charge in [-0.1, -0.05) is 24.3 Å². The van der Waals surface area contributed by atoms with E-state index in [2.05, 4.69) is 0 Å². The van der Waals surface area contributed by atoms with Crippen molar-refractivity contribution < 1.29 is 0 Å². The normalized spacial score (nSPS) is 10.4. The van der Waals surface area contributed by atoms with Gasteiger partial charge >= 0.3 is 0 Å². The highest BCUT2D eigenvalue weighted by atomic mass is 14.5. The summed E-state index contributed by atoms with van der Waals surface area (Å²) in [4.78, 5) is 0. The van der Waals surface area contributed by atoms with Gasteiger partial charge in [-0.05, 0) is 35.4 Å². The molecule has 0 aliphatic heterocycles. The number of fused-ring (bicyclic) bond motifs is 1. The Balaban J connectivity index is 2.84. The molecule has 58 valence electrons. The summed E-state index contributed by atoms with van der Waals surface area (Å²) >= 11 is 0. The molecule has 1 heteroatoms. The predicted octanol–water partition coefficient (Wildman–Crippen LogP) is 2.85. The number of hydrogen-bond acceptors (Lipinski definition) is 0. The Labute approximate surface area is 71.8 Å². The average molecular weight is 155 g/mol. The van der Waals surface area contributed by atoms with Gasteiger partial charge in [0, 0.05) is 0 Å². The Morgan fingerprint density at radius 1 is 1.00 bits per heavy atom. The van der Waals surface area contributed by atoms with E-state index in [4.69, 9.17) is 0 Å². The van der Waals surface area contributed by atoms with Crippen molar-refractivity contribution in [3.63, 3.8) is 0 Å². The molecule has 0 atom stereocenters. The van der Waals surface area contributed by atoms with Crippen molar-refractivity contribution >= 4 is 16.5 Å². The minimum Gasteiger partial charge on any atom is -0.150 e. The lowest BCUT2D eigenvalue weighted by Crippen LogP contribution is -1.78. The van der Waals surface area contributed by atoms with Gasteiger partial charge in [0.25, 0.3) is 0 Å². The fraction of sp³-hybridized carbons (Fsp3) is 0.0909. The van der Waals surface area contributed by atoms with Crippen molar-refractivity contribution in [1.82, 2.24) is 5.73 Å². The number of benzene rings is 2. The van der Waals surface area contributed by atoms with Gasteiger partial charge in [0.1, 0.15) is 0 Å². The topological polar surface area (TPSA) is 22.3 Å². The summed E-state index contributed by atoms with van der Waals surface area (Å²) in [5.41, 5.74) is 10.7. The van der Waals surface area contributed by atoms with Gasteiger partial charge in [-0.2, -0.15) is 5.73 Å². The Kier molecular flexibility index (Phi) is 1.51. The molecule has 2 aromatic carbocycles. The third-order valence-corrected chi connectivity index (χ3v) is 2.06. The fourth-order valence-electron chi connectivity index (χ4n) is 1.34. The minimum absolute atomic E-state index is 0.369. The highest BCUT2D eigenvalue weighted by Gasteiger charge is 1.97. The van der Waals surface area contributed by atoms with Gasteiger partial charge in [-0.25, -0.2) is 0 Å². The third kappa shape index (κ3) is 1.03. The molecule has 0 N–H and O–H groups in total. The van der Waals surface area contributed by atoms with Crippen LogP contribution in [0.5, 0.6) is 0 Å². The van der Waals surface area contributed by atoms with Crippen LogP contribution in [0.2, 0.25) is 0 Å². The smallest absolute Gasteiger partial charge is 0.0892 e. The van der Waals surface area contributed by atoms with Crippen LogP contribution in [0.3, 0.4) is 0 Å². The first-order valence-corrected chi connectivity index (χ1v) is 3.96. The molecule has 0 heterocycles. The number of hydrogen-bond donors (Lipinski definition) is 0. The van der Waals surface area contributed by atoms with Gasteiger partial charge in [0.2, 0.25) is 0 Å². The minimum atomic E-state index is 0.369. The second-order valence-corrected chi connectivity index (χ2v) is 2.99. The molecule has 0 aliphatic rings. The van der Waals surface area contributed by atoms with E-state index >= 15 is 0 Å². The summed E-state index contributed by atoms with van der Waals surface area (Å²) in [5, 5.41) is 2.26. The number of aryl methyl sites for hydroxylation is 1. The first kappa shape index (κ1) is 7.17. The standard InChI is InChI=1S/C11H9N/c1-8-6-9-4-2-3-5-10(9)7-11(8)12/h2-7H,1H3. The third-order valence-electron chi connectivity index (χ3n) is 2.06. The van der Waals surface area contributed by atoms with E-state index < -0.39 is 0 Å². The molecule has 0 aliphatic carbocycles. The van der Waals surface area contributed by atoms with E-state index in [1.165, 1.54) is 5.39 Å². The SMILES string of the molecule is Cc1cc2ccccc2cc1[N]. The van der Waals surface area contributed by atoms with Crippen molar-refractivity contribution in [3.05, 3.63) is 42.0 Å². The molecule has 0 aromatic heterocycles. The van der Waals surface area contributed by atoms with Gasteiger partial charge < -0.3 is 0 Å². The maximum Gasteiger partial charge on any atom is 0.0892 e. The Morgan fingerprint density at radius 3 is 2.25 bits per heavy atom. The zero-order valence-corrected chi connectivity index (χ0v) is 6.91. The van der Waals surface area contributed by atoms with Crippen LogP contribution in [0.4, 0.5) is 5.69 Å². The number of nitrogens with zero attached hydrogens (tertiary/aromatic N) is 1. The molecular weight excluding hydrogens is 146 g/mol. The summed E-state index contributed by atoms with van der Waals surface area (Å²) in [6.07, 6.45) is 0. The first-order chi connectivity index (χ1) is 5.77. The van der Waals surface area contributed by atoms with Crippen LogP contribution in [-0.4, -0.2) is 0 Å². The van der Waals surface area contributed by atoms with Crippen molar-refractivity contribution in [2.75, 3.05) is 0 Å². The van der Waals surface area contributed by atoms with Crippen LogP contribution in [0.15, 0.2) is 36.4 Å². The zero-order valence-electron chi connectivity index (χ0n) is 6.91. The van der Waals surface area contributed by atoms with Crippen LogP contribution < -0.4 is 5.73 Å². The fourth-order valence-corrected chi connectivity index (χ4v) is 1.34. The molecular formula is C11H9N. The summed E-state index contributed by atoms with van der Waals surface area (Å²) in [5.74, 6) is 0. The van der Waals surface area contributed by atoms with E-state index in [9.17, 15) is 5.73 Å². The van der Waals surface area contributed by atoms with Crippen molar-refractivity contribution in [2.45, 2.75) is 6.92 Å². The van der Waals surface area contributed by atoms with Crippen molar-refractivity contribution in [1.29, 1.82) is 0 Å². The van der Waals surface area contributed by atoms with Crippen molar-refractivity contribution in [2.24, 2.45) is 0 Å². The van der Waals surface area contributed by atoms with Crippen LogP contribution in [0.25, 0.3) is 10.8 Å². The highest BCUT2D eigenvalue weighted by Crippen LogP contribution is 2.21. The van der Waals surface area contributed by atoms with E-state index in [0.29, 0.717) is 5.69 Å². The summed E-state index contributed by atoms with van der Waals surface area (Å²) in [7, 11) is 0. The molecule has 0 spiro atoms. The summed E-state index contributed by atoms with van der Waals surface area (Å²) < 4.78 is 0. The molecule has 0 bridgehead atoms. The molecule has 2 rings (SSSR count). The number of rotatable bonds is 0. The largest absolute Gasteiger partial charge is 0.150 e. The molecule has 1 nitrogen and oxygen atoms in total. The Morgan fingerprint density at radius 2 is 1.58 bits per heavy atom. The maximum absolute atomic E-state index is 9.42. The molecule has 2 aromatic rings. The van der Waals surface area contributed by atoms with Gasteiger partial charge in [-0.3, -0.25) is 0 Å². The summed E-state index contributed by atoms with van der Waals surface area (Å²) in [6.45, 7) is 1.90. The van der Waals surface area contributed by atoms with Crippen LogP contribution >= 0.6 is 0 Å². The average Bonchev–Trinajstić information content (AvgIpc) is 2.07. The molecule has 0 amide bonds. The Bertz CT molecular complexity index is 378. The second kappa shape index (κ2) is 2.52. The lowest BCUT2D eigenvalue weighted by atomic mass is 10.1. The first-order valence-electron chi connectivity index (χ1n) is 3.96. The van der Waals surface area contributed by atoms with Crippen molar-refractivity contribution in [3.8, 4) is 0 Å². The molecule has 0 saturated carbocycles. The summed E-state index contributed by atoms with van der Waals surface area (Å²) in [6, 6.07) is 11.8. The zero-order chi connectivity index (χ0) is 8.55. The van der Waals surface area contributed by atoms with E-state index in [0.717, 1.165) is 10.9 Å². The molecule has 0 saturated heterocycles. The quantitative estimate of drug-likeness (QED) is 0.558. The second-order valence-electron chi connectivity index (χ2n) is 2.99. The van der Waals surface area contributed by atoms with Gasteiger partial charge in [0.05, 0.1) is 5.69 Å². The van der Waals surface area contributed by atoms with Crippen LogP contribution in [0.1, 0.15) is 5.56 Å². The van der Waals surface area contributed by atoms with Gasteiger partial charge in [-0.15, -0.1) is 0 Å². The predicted molar refractivity (Wildman–Crippen MR) is 50.5 cm³/mol. The molecule has 12 heavy (non-hydrogen) atoms. The Hall–Kier alpha value is -1.50. The monoisotopic (exact) mass is 155 g/mol. The van der Waals surface area contributed by atoms with Gasteiger partial charge in [0.15, 0.2) is 0 Å². The van der Waals surface area contributed by atoms with E-state index in [-0.39, 0.29) is 0 Å². The lowest BCUT2D eigenvalue weighted by Gasteiger charge is -2.00. The van der Waals surface area contributed by atoms with Crippen LogP contribution in [-0.2, 0) is 0 Å². The van der Waals surface area contributed by atoms with E-state index in [1.807, 2.05) is 37.3 Å². The lowest BCUT2D eigenvalue weighted by molar-refractivity contribution is 1.40. The van der Waals surface area contributed by atoms with Crippen LogP contribution in [0, 0.1) is 6.92 Å². The van der Waals surface area contributed by atoms with E-state index in [1.54, 1.807) is 6.07 Å². The maximum atomic E-state index is 9.42.